The number of ether oxygens (including phenoxy) is 2. The van der Waals surface area contributed by atoms with Crippen LogP contribution in [0.1, 0.15) is 17.3 Å². The molecule has 0 aliphatic carbocycles. The largest absolute Gasteiger partial charge is 0.494 e. The maximum Gasteiger partial charge on any atom is 0.279 e. The van der Waals surface area contributed by atoms with Crippen molar-refractivity contribution in [1.82, 2.24) is 8.87 Å². The molecule has 3 aromatic rings. The van der Waals surface area contributed by atoms with Gasteiger partial charge in [0.2, 0.25) is 10.0 Å². The van der Waals surface area contributed by atoms with Crippen LogP contribution in [0.15, 0.2) is 65.0 Å². The molecule has 174 valence electrons. The lowest BCUT2D eigenvalue weighted by Crippen LogP contribution is -2.40. The normalized spacial score (nSPS) is 15.6. The molecule has 2 heterocycles. The summed E-state index contributed by atoms with van der Waals surface area (Å²) < 4.78 is 40.6. The zero-order valence-electron chi connectivity index (χ0n) is 18.3. The van der Waals surface area contributed by atoms with Gasteiger partial charge in [0.1, 0.15) is 5.75 Å². The molecule has 0 unspecified atom stereocenters. The van der Waals surface area contributed by atoms with Gasteiger partial charge in [-0.1, -0.05) is 17.4 Å². The first-order valence-corrected chi connectivity index (χ1v) is 12.8. The molecule has 10 heteroatoms. The van der Waals surface area contributed by atoms with E-state index in [9.17, 15) is 13.2 Å². The number of rotatable bonds is 7. The number of aromatic nitrogens is 1. The summed E-state index contributed by atoms with van der Waals surface area (Å²) >= 11 is 1.39. The fourth-order valence-electron chi connectivity index (χ4n) is 3.56. The van der Waals surface area contributed by atoms with Gasteiger partial charge in [-0.15, -0.1) is 6.58 Å². The van der Waals surface area contributed by atoms with E-state index >= 15 is 0 Å². The van der Waals surface area contributed by atoms with Crippen LogP contribution in [0.5, 0.6) is 5.75 Å². The number of carbonyl (C=O) groups excluding carboxylic acids is 1. The number of fused-ring (bicyclic) bond motifs is 1. The van der Waals surface area contributed by atoms with Gasteiger partial charge in [0.05, 0.1) is 34.9 Å². The Balaban J connectivity index is 1.64. The minimum Gasteiger partial charge on any atom is -0.494 e. The second kappa shape index (κ2) is 10.0. The van der Waals surface area contributed by atoms with Gasteiger partial charge in [-0.05, 0) is 49.4 Å². The van der Waals surface area contributed by atoms with E-state index in [1.165, 1.54) is 39.9 Å². The summed E-state index contributed by atoms with van der Waals surface area (Å²) in [7, 11) is -3.62. The molecule has 2 aromatic carbocycles. The second-order valence-electron chi connectivity index (χ2n) is 7.30. The van der Waals surface area contributed by atoms with E-state index in [4.69, 9.17) is 9.47 Å². The van der Waals surface area contributed by atoms with Crippen molar-refractivity contribution >= 4 is 37.5 Å². The van der Waals surface area contributed by atoms with Crippen molar-refractivity contribution in [3.63, 3.8) is 0 Å². The first-order valence-electron chi connectivity index (χ1n) is 10.6. The van der Waals surface area contributed by atoms with Crippen molar-refractivity contribution in [3.05, 3.63) is 65.5 Å². The van der Waals surface area contributed by atoms with Crippen LogP contribution >= 0.6 is 11.3 Å². The third kappa shape index (κ3) is 4.93. The van der Waals surface area contributed by atoms with E-state index in [1.54, 1.807) is 6.08 Å². The van der Waals surface area contributed by atoms with Crippen molar-refractivity contribution in [1.29, 1.82) is 0 Å². The summed E-state index contributed by atoms with van der Waals surface area (Å²) in [5.41, 5.74) is 1.25. The molecule has 1 amide bonds. The molecule has 33 heavy (non-hydrogen) atoms. The number of benzene rings is 2. The Bertz CT molecular complexity index is 1330. The van der Waals surface area contributed by atoms with E-state index in [0.29, 0.717) is 49.8 Å². The zero-order valence-corrected chi connectivity index (χ0v) is 19.9. The number of hydrogen-bond donors (Lipinski definition) is 0. The van der Waals surface area contributed by atoms with E-state index in [0.717, 1.165) is 16.0 Å². The fourth-order valence-corrected chi connectivity index (χ4v) is 6.03. The van der Waals surface area contributed by atoms with Crippen molar-refractivity contribution in [2.75, 3.05) is 32.9 Å². The number of allylic oxidation sites excluding steroid dienone is 1. The van der Waals surface area contributed by atoms with Crippen molar-refractivity contribution in [2.24, 2.45) is 4.99 Å². The summed E-state index contributed by atoms with van der Waals surface area (Å²) in [6.45, 7) is 8.18. The average Bonchev–Trinajstić information content (AvgIpc) is 3.16. The maximum atomic E-state index is 12.9. The molecule has 1 aromatic heterocycles. The summed E-state index contributed by atoms with van der Waals surface area (Å²) in [6, 6.07) is 11.6. The molecule has 0 spiro atoms. The SMILES string of the molecule is C=CCn1c(=NC(=O)c2ccc(S(=O)(=O)N3CCOCC3)cc2)sc2cc(OCC)ccc21. The van der Waals surface area contributed by atoms with Gasteiger partial charge < -0.3 is 14.0 Å². The van der Waals surface area contributed by atoms with Gasteiger partial charge in [-0.2, -0.15) is 9.30 Å². The Morgan fingerprint density at radius 2 is 1.94 bits per heavy atom. The van der Waals surface area contributed by atoms with Crippen LogP contribution in [-0.4, -0.2) is 56.1 Å². The monoisotopic (exact) mass is 487 g/mol. The number of sulfonamides is 1. The molecule has 1 saturated heterocycles. The zero-order chi connectivity index (χ0) is 23.4. The highest BCUT2D eigenvalue weighted by atomic mass is 32.2. The quantitative estimate of drug-likeness (QED) is 0.478. The van der Waals surface area contributed by atoms with Crippen LogP contribution in [0, 0.1) is 0 Å². The van der Waals surface area contributed by atoms with Crippen molar-refractivity contribution in [2.45, 2.75) is 18.4 Å². The molecule has 1 aliphatic heterocycles. The number of amides is 1. The predicted octanol–water partition coefficient (Wildman–Crippen LogP) is 3.05. The van der Waals surface area contributed by atoms with Gasteiger partial charge in [0.25, 0.3) is 5.91 Å². The molecule has 0 saturated carbocycles. The van der Waals surface area contributed by atoms with Crippen LogP contribution in [0.2, 0.25) is 0 Å². The first kappa shape index (κ1) is 23.4. The average molecular weight is 488 g/mol. The minimum atomic E-state index is -3.62. The summed E-state index contributed by atoms with van der Waals surface area (Å²) in [5.74, 6) is 0.312. The molecular weight excluding hydrogens is 462 g/mol. The maximum absolute atomic E-state index is 12.9. The standard InChI is InChI=1S/C23H25N3O5S2/c1-3-11-26-20-10-7-18(31-4-2)16-21(20)32-23(26)24-22(27)17-5-8-19(9-6-17)33(28,29)25-12-14-30-15-13-25/h3,5-10,16H,1,4,11-15H2,2H3. The Labute approximate surface area is 196 Å². The number of nitrogens with zero attached hydrogens (tertiary/aromatic N) is 3. The summed E-state index contributed by atoms with van der Waals surface area (Å²) in [4.78, 5) is 17.9. The summed E-state index contributed by atoms with van der Waals surface area (Å²) in [5, 5.41) is 0. The molecule has 1 aliphatic rings. The molecule has 0 bridgehead atoms. The Morgan fingerprint density at radius 1 is 1.21 bits per heavy atom. The predicted molar refractivity (Wildman–Crippen MR) is 127 cm³/mol. The van der Waals surface area contributed by atoms with Gasteiger partial charge in [-0.3, -0.25) is 4.79 Å². The third-order valence-corrected chi connectivity index (χ3v) is 8.14. The lowest BCUT2D eigenvalue weighted by Gasteiger charge is -2.26. The molecular formula is C23H25N3O5S2. The molecule has 4 rings (SSSR count). The van der Waals surface area contributed by atoms with Gasteiger partial charge in [0.15, 0.2) is 4.80 Å². The fraction of sp³-hybridized carbons (Fsp3) is 0.304. The number of morpholine rings is 1. The molecule has 0 radical (unpaired) electrons. The van der Waals surface area contributed by atoms with Crippen LogP contribution in [-0.2, 0) is 21.3 Å². The van der Waals surface area contributed by atoms with Gasteiger partial charge in [-0.25, -0.2) is 8.42 Å². The van der Waals surface area contributed by atoms with Crippen LogP contribution in [0.4, 0.5) is 0 Å². The van der Waals surface area contributed by atoms with Crippen molar-refractivity contribution in [3.8, 4) is 5.75 Å². The molecule has 1 fully saturated rings. The Kier molecular flexibility index (Phi) is 7.08. The Morgan fingerprint density at radius 3 is 2.61 bits per heavy atom. The number of carbonyl (C=O) groups is 1. The molecule has 8 nitrogen and oxygen atoms in total. The smallest absolute Gasteiger partial charge is 0.279 e. The number of thiazole rings is 1. The number of hydrogen-bond acceptors (Lipinski definition) is 6. The second-order valence-corrected chi connectivity index (χ2v) is 10.3. The van der Waals surface area contributed by atoms with Crippen LogP contribution in [0.25, 0.3) is 10.2 Å². The molecule has 0 atom stereocenters. The highest BCUT2D eigenvalue weighted by Gasteiger charge is 2.26. The minimum absolute atomic E-state index is 0.146. The molecule has 0 N–H and O–H groups in total. The van der Waals surface area contributed by atoms with E-state index in [1.807, 2.05) is 29.7 Å². The highest BCUT2D eigenvalue weighted by Crippen LogP contribution is 2.24. The van der Waals surface area contributed by atoms with Gasteiger partial charge >= 0.3 is 0 Å². The lowest BCUT2D eigenvalue weighted by atomic mass is 10.2. The van der Waals surface area contributed by atoms with E-state index in [-0.39, 0.29) is 4.90 Å². The first-order chi connectivity index (χ1) is 15.9. The van der Waals surface area contributed by atoms with E-state index in [2.05, 4.69) is 11.6 Å². The summed E-state index contributed by atoms with van der Waals surface area (Å²) in [6.07, 6.45) is 1.75. The van der Waals surface area contributed by atoms with E-state index < -0.39 is 15.9 Å². The van der Waals surface area contributed by atoms with Crippen molar-refractivity contribution < 1.29 is 22.7 Å². The topological polar surface area (TPSA) is 90.2 Å². The lowest BCUT2D eigenvalue weighted by molar-refractivity contribution is 0.0730. The third-order valence-electron chi connectivity index (χ3n) is 5.18. The van der Waals surface area contributed by atoms with Crippen LogP contribution < -0.4 is 9.54 Å². The van der Waals surface area contributed by atoms with Gasteiger partial charge in [0, 0.05) is 25.2 Å². The highest BCUT2D eigenvalue weighted by molar-refractivity contribution is 7.89. The Hall–Kier alpha value is -2.79. The van der Waals surface area contributed by atoms with Crippen LogP contribution in [0.3, 0.4) is 0 Å².